The third-order valence-corrected chi connectivity index (χ3v) is 3.21. The van der Waals surface area contributed by atoms with Crippen molar-refractivity contribution in [2.24, 2.45) is 5.92 Å². The molecule has 25 heavy (non-hydrogen) atoms. The Morgan fingerprint density at radius 2 is 1.68 bits per heavy atom. The molecule has 0 saturated carbocycles. The Morgan fingerprint density at radius 3 is 2.16 bits per heavy atom. The molecule has 1 rings (SSSR count). The minimum absolute atomic E-state index is 0.166. The lowest BCUT2D eigenvalue weighted by Crippen LogP contribution is -2.33. The molecule has 1 aromatic carbocycles. The zero-order valence-corrected chi connectivity index (χ0v) is 15.5. The van der Waals surface area contributed by atoms with Crippen molar-refractivity contribution < 1.29 is 28.6 Å². The number of ketones is 1. The van der Waals surface area contributed by atoms with Crippen LogP contribution in [0.5, 0.6) is 5.75 Å². The van der Waals surface area contributed by atoms with E-state index in [-0.39, 0.29) is 18.8 Å². The highest BCUT2D eigenvalue weighted by Crippen LogP contribution is 2.19. The van der Waals surface area contributed by atoms with Gasteiger partial charge in [-0.1, -0.05) is 12.1 Å². The predicted octanol–water partition coefficient (Wildman–Crippen LogP) is 2.72. The van der Waals surface area contributed by atoms with Crippen LogP contribution in [0.3, 0.4) is 0 Å². The molecule has 138 valence electrons. The third-order valence-electron chi connectivity index (χ3n) is 3.21. The summed E-state index contributed by atoms with van der Waals surface area (Å²) in [7, 11) is 0. The number of Topliss-reactive ketones (excluding diaryl/α,β-unsaturated/α-hetero) is 1. The molecule has 1 unspecified atom stereocenters. The van der Waals surface area contributed by atoms with Crippen LogP contribution in [-0.4, -0.2) is 36.5 Å². The second kappa shape index (κ2) is 9.20. The first kappa shape index (κ1) is 20.7. The van der Waals surface area contributed by atoms with Crippen molar-refractivity contribution in [1.82, 2.24) is 0 Å². The molecule has 1 aromatic rings. The average Bonchev–Trinajstić information content (AvgIpc) is 2.50. The van der Waals surface area contributed by atoms with E-state index < -0.39 is 23.5 Å². The molecule has 0 aromatic heterocycles. The topological polar surface area (TPSA) is 78.9 Å². The van der Waals surface area contributed by atoms with Crippen LogP contribution in [0.25, 0.3) is 0 Å². The van der Waals surface area contributed by atoms with Crippen molar-refractivity contribution in [3.63, 3.8) is 0 Å². The van der Waals surface area contributed by atoms with Gasteiger partial charge in [-0.3, -0.25) is 9.59 Å². The van der Waals surface area contributed by atoms with Crippen molar-refractivity contribution in [2.45, 2.75) is 46.6 Å². The molecule has 0 bridgehead atoms. The summed E-state index contributed by atoms with van der Waals surface area (Å²) in [5.41, 5.74) is 0.157. The fraction of sp³-hybridized carbons (Fsp3) is 0.526. The SMILES string of the molecule is CCOC(=O)COc1ccc(CC(C(C)=O)C(=O)OC(C)(C)C)cc1. The van der Waals surface area contributed by atoms with Crippen LogP contribution in [-0.2, 0) is 30.3 Å². The lowest BCUT2D eigenvalue weighted by molar-refractivity contribution is -0.161. The molecule has 1 atom stereocenters. The van der Waals surface area contributed by atoms with Crippen LogP contribution in [0.4, 0.5) is 0 Å². The monoisotopic (exact) mass is 350 g/mol. The molecule has 0 aliphatic carbocycles. The Balaban J connectivity index is 2.69. The maximum absolute atomic E-state index is 12.2. The highest BCUT2D eigenvalue weighted by molar-refractivity contribution is 5.98. The lowest BCUT2D eigenvalue weighted by atomic mass is 9.95. The smallest absolute Gasteiger partial charge is 0.344 e. The first-order valence-corrected chi connectivity index (χ1v) is 8.23. The van der Waals surface area contributed by atoms with Crippen LogP contribution in [0.1, 0.15) is 40.2 Å². The first-order valence-electron chi connectivity index (χ1n) is 8.23. The molecule has 0 radical (unpaired) electrons. The molecule has 0 amide bonds. The van der Waals surface area contributed by atoms with Crippen LogP contribution in [0.15, 0.2) is 24.3 Å². The normalized spacial score (nSPS) is 12.2. The van der Waals surface area contributed by atoms with E-state index in [9.17, 15) is 14.4 Å². The second-order valence-electron chi connectivity index (χ2n) is 6.64. The van der Waals surface area contributed by atoms with Gasteiger partial charge in [0.1, 0.15) is 23.1 Å². The molecular formula is C19H26O6. The predicted molar refractivity (Wildman–Crippen MR) is 92.3 cm³/mol. The molecule has 0 saturated heterocycles. The van der Waals surface area contributed by atoms with Crippen molar-refractivity contribution >= 4 is 17.7 Å². The molecule has 0 aliphatic heterocycles. The Hall–Kier alpha value is -2.37. The third kappa shape index (κ3) is 7.83. The van der Waals surface area contributed by atoms with Crippen LogP contribution in [0, 0.1) is 5.92 Å². The summed E-state index contributed by atoms with van der Waals surface area (Å²) >= 11 is 0. The fourth-order valence-electron chi connectivity index (χ4n) is 2.07. The summed E-state index contributed by atoms with van der Waals surface area (Å²) in [5.74, 6) is -1.54. The van der Waals surface area contributed by atoms with Gasteiger partial charge in [0.25, 0.3) is 0 Å². The van der Waals surface area contributed by atoms with Crippen molar-refractivity contribution in [3.8, 4) is 5.75 Å². The second-order valence-corrected chi connectivity index (χ2v) is 6.64. The molecule has 0 spiro atoms. The first-order chi connectivity index (χ1) is 11.6. The quantitative estimate of drug-likeness (QED) is 0.530. The molecule has 0 fully saturated rings. The summed E-state index contributed by atoms with van der Waals surface area (Å²) in [6.07, 6.45) is 0.252. The van der Waals surface area contributed by atoms with Gasteiger partial charge < -0.3 is 14.2 Å². The highest BCUT2D eigenvalue weighted by atomic mass is 16.6. The summed E-state index contributed by atoms with van der Waals surface area (Å²) < 4.78 is 15.4. The zero-order chi connectivity index (χ0) is 19.0. The van der Waals surface area contributed by atoms with Gasteiger partial charge in [0, 0.05) is 0 Å². The Bertz CT molecular complexity index is 597. The van der Waals surface area contributed by atoms with Gasteiger partial charge in [-0.05, 0) is 58.7 Å². The van der Waals surface area contributed by atoms with E-state index in [1.165, 1.54) is 6.92 Å². The number of hydrogen-bond acceptors (Lipinski definition) is 6. The Labute approximate surface area is 148 Å². The minimum atomic E-state index is -0.842. The van der Waals surface area contributed by atoms with Crippen molar-refractivity contribution in [1.29, 1.82) is 0 Å². The molecule has 0 N–H and O–H groups in total. The van der Waals surface area contributed by atoms with Crippen LogP contribution in [0.2, 0.25) is 0 Å². The van der Waals surface area contributed by atoms with Crippen molar-refractivity contribution in [2.75, 3.05) is 13.2 Å². The number of carbonyl (C=O) groups is 3. The number of carbonyl (C=O) groups excluding carboxylic acids is 3. The van der Waals surface area contributed by atoms with E-state index in [0.717, 1.165) is 5.56 Å². The minimum Gasteiger partial charge on any atom is -0.482 e. The van der Waals surface area contributed by atoms with E-state index in [1.54, 1.807) is 52.0 Å². The lowest BCUT2D eigenvalue weighted by Gasteiger charge is -2.23. The van der Waals surface area contributed by atoms with E-state index in [2.05, 4.69) is 0 Å². The van der Waals surface area contributed by atoms with Gasteiger partial charge in [-0.2, -0.15) is 0 Å². The number of benzene rings is 1. The molecule has 6 heteroatoms. The number of esters is 2. The summed E-state index contributed by atoms with van der Waals surface area (Å²) in [4.78, 5) is 35.3. The number of rotatable bonds is 8. The average molecular weight is 350 g/mol. The summed E-state index contributed by atoms with van der Waals surface area (Å²) in [5, 5.41) is 0. The van der Waals surface area contributed by atoms with Crippen LogP contribution >= 0.6 is 0 Å². The fourth-order valence-corrected chi connectivity index (χ4v) is 2.07. The standard InChI is InChI=1S/C19H26O6/c1-6-23-17(21)12-24-15-9-7-14(8-10-15)11-16(13(2)20)18(22)25-19(3,4)5/h7-10,16H,6,11-12H2,1-5H3. The largest absolute Gasteiger partial charge is 0.482 e. The number of hydrogen-bond donors (Lipinski definition) is 0. The maximum atomic E-state index is 12.2. The summed E-state index contributed by atoms with van der Waals surface area (Å²) in [6, 6.07) is 6.86. The van der Waals surface area contributed by atoms with Gasteiger partial charge in [-0.25, -0.2) is 4.79 Å². The van der Waals surface area contributed by atoms with Gasteiger partial charge in [-0.15, -0.1) is 0 Å². The van der Waals surface area contributed by atoms with E-state index in [1.807, 2.05) is 0 Å². The molecule has 0 heterocycles. The van der Waals surface area contributed by atoms with E-state index >= 15 is 0 Å². The van der Waals surface area contributed by atoms with Gasteiger partial charge >= 0.3 is 11.9 Å². The maximum Gasteiger partial charge on any atom is 0.344 e. The number of ether oxygens (including phenoxy) is 3. The highest BCUT2D eigenvalue weighted by Gasteiger charge is 2.28. The van der Waals surface area contributed by atoms with Gasteiger partial charge in [0.15, 0.2) is 6.61 Å². The molecule has 0 aliphatic rings. The molecular weight excluding hydrogens is 324 g/mol. The Kier molecular flexibility index (Phi) is 7.61. The van der Waals surface area contributed by atoms with Gasteiger partial charge in [0.2, 0.25) is 0 Å². The van der Waals surface area contributed by atoms with E-state index in [4.69, 9.17) is 14.2 Å². The Morgan fingerprint density at radius 1 is 1.08 bits per heavy atom. The van der Waals surface area contributed by atoms with Crippen molar-refractivity contribution in [3.05, 3.63) is 29.8 Å². The zero-order valence-electron chi connectivity index (χ0n) is 15.5. The van der Waals surface area contributed by atoms with Gasteiger partial charge in [0.05, 0.1) is 6.61 Å². The molecule has 6 nitrogen and oxygen atoms in total. The van der Waals surface area contributed by atoms with E-state index in [0.29, 0.717) is 12.4 Å². The van der Waals surface area contributed by atoms with Crippen LogP contribution < -0.4 is 4.74 Å². The summed E-state index contributed by atoms with van der Waals surface area (Å²) in [6.45, 7) is 8.53.